The zero-order chi connectivity index (χ0) is 15.5. The minimum atomic E-state index is 0.268. The largest absolute Gasteiger partial charge is 0.508 e. The number of rotatable bonds is 5. The molecular formula is C16H16ClN3OS. The van der Waals surface area contributed by atoms with E-state index in [2.05, 4.69) is 28.3 Å². The molecule has 0 saturated heterocycles. The van der Waals surface area contributed by atoms with Crippen LogP contribution in [0, 0.1) is 0 Å². The Balaban J connectivity index is 1.75. The molecule has 3 aromatic rings. The van der Waals surface area contributed by atoms with Gasteiger partial charge in [-0.15, -0.1) is 11.3 Å². The van der Waals surface area contributed by atoms with E-state index in [1.807, 2.05) is 12.1 Å². The van der Waals surface area contributed by atoms with Crippen molar-refractivity contribution >= 4 is 39.0 Å². The van der Waals surface area contributed by atoms with Crippen LogP contribution in [0.4, 0.5) is 5.82 Å². The van der Waals surface area contributed by atoms with E-state index in [-0.39, 0.29) is 11.0 Å². The molecule has 3 rings (SSSR count). The van der Waals surface area contributed by atoms with Crippen LogP contribution in [0.2, 0.25) is 5.28 Å². The van der Waals surface area contributed by atoms with E-state index in [9.17, 15) is 5.11 Å². The first kappa shape index (κ1) is 15.1. The van der Waals surface area contributed by atoms with Crippen molar-refractivity contribution in [3.05, 3.63) is 46.1 Å². The topological polar surface area (TPSA) is 58.0 Å². The number of benzene rings is 1. The van der Waals surface area contributed by atoms with Gasteiger partial charge in [-0.3, -0.25) is 0 Å². The molecule has 0 aliphatic rings. The van der Waals surface area contributed by atoms with Gasteiger partial charge in [0.15, 0.2) is 0 Å². The van der Waals surface area contributed by atoms with Gasteiger partial charge >= 0.3 is 0 Å². The SMILES string of the molecule is CCc1cc2c(NCCc3ccc(O)cc3)nc(Cl)nc2s1. The monoisotopic (exact) mass is 333 g/mol. The molecule has 0 aliphatic carbocycles. The molecule has 0 bridgehead atoms. The third-order valence-corrected chi connectivity index (χ3v) is 4.75. The standard InChI is InChI=1S/C16H16ClN3OS/c1-2-12-9-13-14(19-16(17)20-15(13)22-12)18-8-7-10-3-5-11(21)6-4-10/h3-6,9,21H,2,7-8H2,1H3,(H,18,19,20). The maximum atomic E-state index is 9.29. The molecular weight excluding hydrogens is 318 g/mol. The van der Waals surface area contributed by atoms with Crippen molar-refractivity contribution in [2.45, 2.75) is 19.8 Å². The molecule has 0 aliphatic heterocycles. The van der Waals surface area contributed by atoms with Gasteiger partial charge in [0.25, 0.3) is 0 Å². The molecule has 2 heterocycles. The van der Waals surface area contributed by atoms with E-state index in [0.717, 1.165) is 41.0 Å². The van der Waals surface area contributed by atoms with Crippen molar-refractivity contribution < 1.29 is 5.11 Å². The van der Waals surface area contributed by atoms with E-state index in [0.29, 0.717) is 0 Å². The van der Waals surface area contributed by atoms with Crippen LogP contribution in [0.25, 0.3) is 10.2 Å². The second-order valence-electron chi connectivity index (χ2n) is 4.97. The fourth-order valence-electron chi connectivity index (χ4n) is 2.24. The lowest BCUT2D eigenvalue weighted by molar-refractivity contribution is 0.475. The van der Waals surface area contributed by atoms with E-state index in [1.165, 1.54) is 4.88 Å². The molecule has 2 N–H and O–H groups in total. The van der Waals surface area contributed by atoms with Gasteiger partial charge < -0.3 is 10.4 Å². The summed E-state index contributed by atoms with van der Waals surface area (Å²) < 4.78 is 0. The van der Waals surface area contributed by atoms with Crippen LogP contribution in [-0.2, 0) is 12.8 Å². The molecule has 0 saturated carbocycles. The lowest BCUT2D eigenvalue weighted by Crippen LogP contribution is -2.07. The van der Waals surface area contributed by atoms with Gasteiger partial charge in [0.05, 0.1) is 5.39 Å². The Labute approximate surface area is 137 Å². The van der Waals surface area contributed by atoms with Crippen LogP contribution < -0.4 is 5.32 Å². The Kier molecular flexibility index (Phi) is 4.45. The van der Waals surface area contributed by atoms with Crippen LogP contribution in [0.1, 0.15) is 17.4 Å². The van der Waals surface area contributed by atoms with Crippen LogP contribution in [-0.4, -0.2) is 21.6 Å². The van der Waals surface area contributed by atoms with Gasteiger partial charge in [0.1, 0.15) is 16.4 Å². The van der Waals surface area contributed by atoms with E-state index >= 15 is 0 Å². The first-order valence-electron chi connectivity index (χ1n) is 7.13. The van der Waals surface area contributed by atoms with Gasteiger partial charge in [-0.1, -0.05) is 19.1 Å². The van der Waals surface area contributed by atoms with Crippen LogP contribution >= 0.6 is 22.9 Å². The number of phenols is 1. The summed E-state index contributed by atoms with van der Waals surface area (Å²) in [5.41, 5.74) is 1.15. The minimum absolute atomic E-state index is 0.268. The number of fused-ring (bicyclic) bond motifs is 1. The molecule has 0 fully saturated rings. The maximum Gasteiger partial charge on any atom is 0.225 e. The average molecular weight is 334 g/mol. The highest BCUT2D eigenvalue weighted by Crippen LogP contribution is 2.30. The number of hydrogen-bond acceptors (Lipinski definition) is 5. The predicted molar refractivity (Wildman–Crippen MR) is 92.1 cm³/mol. The van der Waals surface area contributed by atoms with Crippen molar-refractivity contribution in [2.24, 2.45) is 0 Å². The molecule has 22 heavy (non-hydrogen) atoms. The Morgan fingerprint density at radius 3 is 2.73 bits per heavy atom. The third-order valence-electron chi connectivity index (χ3n) is 3.41. The Hall–Kier alpha value is -1.85. The van der Waals surface area contributed by atoms with Crippen molar-refractivity contribution in [3.8, 4) is 5.75 Å². The lowest BCUT2D eigenvalue weighted by Gasteiger charge is -2.07. The fourth-order valence-corrected chi connectivity index (χ4v) is 3.43. The highest BCUT2D eigenvalue weighted by atomic mass is 35.5. The Bertz CT molecular complexity index is 786. The number of phenolic OH excluding ortho intramolecular Hbond substituents is 1. The van der Waals surface area contributed by atoms with Gasteiger partial charge in [0, 0.05) is 11.4 Å². The maximum absolute atomic E-state index is 9.29. The van der Waals surface area contributed by atoms with Crippen molar-refractivity contribution in [2.75, 3.05) is 11.9 Å². The number of thiophene rings is 1. The molecule has 0 unspecified atom stereocenters. The van der Waals surface area contributed by atoms with Crippen LogP contribution in [0.15, 0.2) is 30.3 Å². The number of anilines is 1. The lowest BCUT2D eigenvalue weighted by atomic mass is 10.1. The Morgan fingerprint density at radius 2 is 2.00 bits per heavy atom. The zero-order valence-electron chi connectivity index (χ0n) is 12.1. The summed E-state index contributed by atoms with van der Waals surface area (Å²) in [7, 11) is 0. The quantitative estimate of drug-likeness (QED) is 0.685. The second kappa shape index (κ2) is 6.50. The van der Waals surface area contributed by atoms with Crippen LogP contribution in [0.3, 0.4) is 0 Å². The first-order chi connectivity index (χ1) is 10.7. The molecule has 0 spiro atoms. The van der Waals surface area contributed by atoms with Gasteiger partial charge in [0.2, 0.25) is 5.28 Å². The number of nitrogens with zero attached hydrogens (tertiary/aromatic N) is 2. The molecule has 0 radical (unpaired) electrons. The summed E-state index contributed by atoms with van der Waals surface area (Å²) in [5, 5.41) is 13.9. The summed E-state index contributed by atoms with van der Waals surface area (Å²) in [4.78, 5) is 10.8. The van der Waals surface area contributed by atoms with Gasteiger partial charge in [-0.05, 0) is 48.2 Å². The molecule has 0 atom stereocenters. The number of hydrogen-bond donors (Lipinski definition) is 2. The zero-order valence-corrected chi connectivity index (χ0v) is 13.7. The molecule has 0 amide bonds. The van der Waals surface area contributed by atoms with E-state index in [1.54, 1.807) is 23.5 Å². The van der Waals surface area contributed by atoms with Gasteiger partial charge in [-0.2, -0.15) is 0 Å². The van der Waals surface area contributed by atoms with Crippen molar-refractivity contribution in [3.63, 3.8) is 0 Å². The number of aryl methyl sites for hydroxylation is 1. The fraction of sp³-hybridized carbons (Fsp3) is 0.250. The molecule has 6 heteroatoms. The molecule has 1 aromatic carbocycles. The van der Waals surface area contributed by atoms with Crippen molar-refractivity contribution in [1.82, 2.24) is 9.97 Å². The molecule has 114 valence electrons. The summed E-state index contributed by atoms with van der Waals surface area (Å²) >= 11 is 7.66. The minimum Gasteiger partial charge on any atom is -0.508 e. The van der Waals surface area contributed by atoms with Gasteiger partial charge in [-0.25, -0.2) is 9.97 Å². The summed E-state index contributed by atoms with van der Waals surface area (Å²) in [6, 6.07) is 9.35. The second-order valence-corrected chi connectivity index (χ2v) is 6.42. The summed E-state index contributed by atoms with van der Waals surface area (Å²) in [6.07, 6.45) is 1.82. The summed E-state index contributed by atoms with van der Waals surface area (Å²) in [6.45, 7) is 2.86. The smallest absolute Gasteiger partial charge is 0.225 e. The van der Waals surface area contributed by atoms with Crippen LogP contribution in [0.5, 0.6) is 5.75 Å². The normalized spacial score (nSPS) is 11.0. The first-order valence-corrected chi connectivity index (χ1v) is 8.33. The molecule has 2 aromatic heterocycles. The average Bonchev–Trinajstić information content (AvgIpc) is 2.92. The summed E-state index contributed by atoms with van der Waals surface area (Å²) in [5.74, 6) is 1.07. The number of nitrogens with one attached hydrogen (secondary N) is 1. The third kappa shape index (κ3) is 3.31. The predicted octanol–water partition coefficient (Wildman–Crippen LogP) is 4.27. The number of halogens is 1. The highest BCUT2D eigenvalue weighted by molar-refractivity contribution is 7.18. The molecule has 4 nitrogen and oxygen atoms in total. The number of aromatic nitrogens is 2. The Morgan fingerprint density at radius 1 is 1.23 bits per heavy atom. The van der Waals surface area contributed by atoms with Crippen molar-refractivity contribution in [1.29, 1.82) is 0 Å². The highest BCUT2D eigenvalue weighted by Gasteiger charge is 2.10. The number of aromatic hydroxyl groups is 1. The van der Waals surface area contributed by atoms with E-state index in [4.69, 9.17) is 11.6 Å². The van der Waals surface area contributed by atoms with E-state index < -0.39 is 0 Å².